The first-order chi connectivity index (χ1) is 8.08. The Kier molecular flexibility index (Phi) is 5.11. The van der Waals surface area contributed by atoms with E-state index >= 15 is 0 Å². The molecule has 0 radical (unpaired) electrons. The van der Waals surface area contributed by atoms with Crippen LogP contribution in [0.4, 0.5) is 10.5 Å². The number of anilines is 1. The fourth-order valence-electron chi connectivity index (χ4n) is 1.06. The number of hydrogen-bond acceptors (Lipinski definition) is 3. The van der Waals surface area contributed by atoms with E-state index in [-0.39, 0.29) is 5.12 Å². The molecule has 0 bridgehead atoms. The first-order valence-corrected chi connectivity index (χ1v) is 5.85. The Morgan fingerprint density at radius 3 is 2.53 bits per heavy atom. The van der Waals surface area contributed by atoms with E-state index in [1.54, 1.807) is 24.3 Å². The first-order valence-electron chi connectivity index (χ1n) is 4.86. The van der Waals surface area contributed by atoms with Crippen molar-refractivity contribution in [2.24, 2.45) is 5.73 Å². The van der Waals surface area contributed by atoms with Crippen LogP contribution in [0, 0.1) is 11.8 Å². The number of amides is 2. The maximum absolute atomic E-state index is 10.6. The highest BCUT2D eigenvalue weighted by molar-refractivity contribution is 8.13. The van der Waals surface area contributed by atoms with Gasteiger partial charge in [0.25, 0.3) is 0 Å². The number of primary amides is 1. The highest BCUT2D eigenvalue weighted by Crippen LogP contribution is 2.08. The third-order valence-electron chi connectivity index (χ3n) is 1.73. The Balaban J connectivity index is 2.55. The third-order valence-corrected chi connectivity index (χ3v) is 2.43. The number of nitrogens with one attached hydrogen (secondary N) is 1. The number of urea groups is 1. The molecule has 0 aliphatic heterocycles. The zero-order chi connectivity index (χ0) is 12.7. The molecule has 0 fully saturated rings. The highest BCUT2D eigenvalue weighted by Gasteiger charge is 1.94. The molecule has 1 aromatic rings. The number of nitrogens with two attached hydrogens (primary N) is 1. The monoisotopic (exact) mass is 248 g/mol. The Labute approximate surface area is 104 Å². The van der Waals surface area contributed by atoms with Crippen LogP contribution in [-0.2, 0) is 4.79 Å². The standard InChI is InChI=1S/C12H12N2O2S/c1-9(15)17-8-2-3-10-4-6-11(7-5-10)14-12(13)16/h4-7H,8H2,1H3,(H3,13,14,16). The van der Waals surface area contributed by atoms with Crippen LogP contribution in [0.25, 0.3) is 0 Å². The van der Waals surface area contributed by atoms with Gasteiger partial charge in [0.15, 0.2) is 5.12 Å². The van der Waals surface area contributed by atoms with Gasteiger partial charge in [-0.15, -0.1) is 0 Å². The van der Waals surface area contributed by atoms with E-state index in [9.17, 15) is 9.59 Å². The van der Waals surface area contributed by atoms with Crippen LogP contribution >= 0.6 is 11.8 Å². The summed E-state index contributed by atoms with van der Waals surface area (Å²) < 4.78 is 0. The van der Waals surface area contributed by atoms with Gasteiger partial charge in [-0.25, -0.2) is 4.79 Å². The molecule has 0 saturated carbocycles. The number of rotatable bonds is 2. The molecule has 2 amide bonds. The highest BCUT2D eigenvalue weighted by atomic mass is 32.2. The van der Waals surface area contributed by atoms with Gasteiger partial charge in [-0.2, -0.15) is 0 Å². The Hall–Kier alpha value is -1.93. The van der Waals surface area contributed by atoms with E-state index in [4.69, 9.17) is 5.73 Å². The summed E-state index contributed by atoms with van der Waals surface area (Å²) in [4.78, 5) is 21.2. The van der Waals surface area contributed by atoms with Crippen molar-refractivity contribution < 1.29 is 9.59 Å². The summed E-state index contributed by atoms with van der Waals surface area (Å²) in [7, 11) is 0. The lowest BCUT2D eigenvalue weighted by Gasteiger charge is -2.00. The van der Waals surface area contributed by atoms with Crippen LogP contribution in [-0.4, -0.2) is 16.9 Å². The van der Waals surface area contributed by atoms with Crippen LogP contribution in [0.3, 0.4) is 0 Å². The van der Waals surface area contributed by atoms with E-state index in [0.717, 1.165) is 5.56 Å². The number of carbonyl (C=O) groups is 2. The minimum absolute atomic E-state index is 0.0558. The van der Waals surface area contributed by atoms with Gasteiger partial charge in [-0.05, 0) is 24.3 Å². The molecule has 17 heavy (non-hydrogen) atoms. The quantitative estimate of drug-likeness (QED) is 0.784. The zero-order valence-corrected chi connectivity index (χ0v) is 10.1. The molecule has 0 aliphatic carbocycles. The summed E-state index contributed by atoms with van der Waals surface area (Å²) >= 11 is 1.18. The second-order valence-electron chi connectivity index (χ2n) is 3.15. The fourth-order valence-corrected chi connectivity index (χ4v) is 1.40. The maximum Gasteiger partial charge on any atom is 0.316 e. The SMILES string of the molecule is CC(=O)SCC#Cc1ccc(NC(N)=O)cc1. The summed E-state index contributed by atoms with van der Waals surface area (Å²) in [6, 6.07) is 6.38. The van der Waals surface area contributed by atoms with Crippen molar-refractivity contribution in [2.45, 2.75) is 6.92 Å². The van der Waals surface area contributed by atoms with Crippen molar-refractivity contribution in [2.75, 3.05) is 11.1 Å². The van der Waals surface area contributed by atoms with Gasteiger partial charge in [0.1, 0.15) is 0 Å². The molecule has 3 N–H and O–H groups in total. The zero-order valence-electron chi connectivity index (χ0n) is 9.32. The van der Waals surface area contributed by atoms with Crippen molar-refractivity contribution in [1.29, 1.82) is 0 Å². The van der Waals surface area contributed by atoms with Gasteiger partial charge in [0.2, 0.25) is 0 Å². The van der Waals surface area contributed by atoms with Crippen molar-refractivity contribution in [1.82, 2.24) is 0 Å². The van der Waals surface area contributed by atoms with Crippen LogP contribution in [0.2, 0.25) is 0 Å². The van der Waals surface area contributed by atoms with Crippen LogP contribution in [0.5, 0.6) is 0 Å². The lowest BCUT2D eigenvalue weighted by molar-refractivity contribution is -0.109. The minimum atomic E-state index is -0.596. The molecule has 0 aromatic heterocycles. The topological polar surface area (TPSA) is 72.2 Å². The van der Waals surface area contributed by atoms with E-state index < -0.39 is 6.03 Å². The maximum atomic E-state index is 10.6. The fraction of sp³-hybridized carbons (Fsp3) is 0.167. The Morgan fingerprint density at radius 2 is 2.00 bits per heavy atom. The van der Waals surface area contributed by atoms with Crippen molar-refractivity contribution >= 4 is 28.6 Å². The second kappa shape index (κ2) is 6.61. The third kappa shape index (κ3) is 5.64. The average molecular weight is 248 g/mol. The number of hydrogen-bond donors (Lipinski definition) is 2. The van der Waals surface area contributed by atoms with E-state index in [0.29, 0.717) is 11.4 Å². The number of thioether (sulfide) groups is 1. The first kappa shape index (κ1) is 13.1. The Morgan fingerprint density at radius 1 is 1.35 bits per heavy atom. The smallest absolute Gasteiger partial charge is 0.316 e. The van der Waals surface area contributed by atoms with Crippen molar-refractivity contribution in [3.63, 3.8) is 0 Å². The van der Waals surface area contributed by atoms with E-state index in [1.807, 2.05) is 0 Å². The predicted molar refractivity (Wildman–Crippen MR) is 69.7 cm³/mol. The van der Waals surface area contributed by atoms with Crippen molar-refractivity contribution in [3.05, 3.63) is 29.8 Å². The average Bonchev–Trinajstić information content (AvgIpc) is 2.25. The summed E-state index contributed by atoms with van der Waals surface area (Å²) in [5, 5.41) is 2.51. The summed E-state index contributed by atoms with van der Waals surface area (Å²) in [5.41, 5.74) is 6.43. The molecule has 1 rings (SSSR count). The molecule has 0 aliphatic rings. The van der Waals surface area contributed by atoms with Gasteiger partial charge in [0.05, 0.1) is 5.75 Å². The number of benzene rings is 1. The molecule has 5 heteroatoms. The van der Waals surface area contributed by atoms with Gasteiger partial charge >= 0.3 is 6.03 Å². The van der Waals surface area contributed by atoms with Crippen LogP contribution < -0.4 is 11.1 Å². The number of carbonyl (C=O) groups excluding carboxylic acids is 2. The van der Waals surface area contributed by atoms with Gasteiger partial charge < -0.3 is 11.1 Å². The molecule has 4 nitrogen and oxygen atoms in total. The molecule has 1 aromatic carbocycles. The largest absolute Gasteiger partial charge is 0.351 e. The molecule has 0 saturated heterocycles. The van der Waals surface area contributed by atoms with Crippen molar-refractivity contribution in [3.8, 4) is 11.8 Å². The van der Waals surface area contributed by atoms with E-state index in [2.05, 4.69) is 17.2 Å². The normalized spacial score (nSPS) is 9.00. The molecule has 0 unspecified atom stereocenters. The van der Waals surface area contributed by atoms with Gasteiger partial charge in [-0.3, -0.25) is 4.79 Å². The van der Waals surface area contributed by atoms with Crippen LogP contribution in [0.15, 0.2) is 24.3 Å². The second-order valence-corrected chi connectivity index (χ2v) is 4.30. The summed E-state index contributed by atoms with van der Waals surface area (Å²) in [6.07, 6.45) is 0. The Bertz CT molecular complexity index is 472. The molecular formula is C12H12N2O2S. The van der Waals surface area contributed by atoms with Gasteiger partial charge in [0, 0.05) is 18.2 Å². The predicted octanol–water partition coefficient (Wildman–Crippen LogP) is 1.81. The van der Waals surface area contributed by atoms with E-state index in [1.165, 1.54) is 18.7 Å². The molecule has 88 valence electrons. The molecular weight excluding hydrogens is 236 g/mol. The van der Waals surface area contributed by atoms with Gasteiger partial charge in [-0.1, -0.05) is 23.6 Å². The molecule has 0 atom stereocenters. The lowest BCUT2D eigenvalue weighted by Crippen LogP contribution is -2.19. The lowest BCUT2D eigenvalue weighted by atomic mass is 10.2. The molecule has 0 heterocycles. The van der Waals surface area contributed by atoms with Crippen LogP contribution in [0.1, 0.15) is 12.5 Å². The molecule has 0 spiro atoms. The minimum Gasteiger partial charge on any atom is -0.351 e. The summed E-state index contributed by atoms with van der Waals surface area (Å²) in [6.45, 7) is 1.51. The summed E-state index contributed by atoms with van der Waals surface area (Å²) in [5.74, 6) is 6.27.